The van der Waals surface area contributed by atoms with Crippen LogP contribution in [0.15, 0.2) is 0 Å². The SMILES string of the molecule is COCCCCNC(=O)NCCCCN(C)C(C)C. The first-order chi connectivity index (χ1) is 9.07. The van der Waals surface area contributed by atoms with Gasteiger partial charge in [0, 0.05) is 32.8 Å². The van der Waals surface area contributed by atoms with Crippen LogP contribution in [0.25, 0.3) is 0 Å². The molecule has 0 aromatic carbocycles. The van der Waals surface area contributed by atoms with Gasteiger partial charge < -0.3 is 20.3 Å². The Hall–Kier alpha value is -0.810. The van der Waals surface area contributed by atoms with Gasteiger partial charge in [-0.25, -0.2) is 4.79 Å². The van der Waals surface area contributed by atoms with Crippen LogP contribution in [0.5, 0.6) is 0 Å². The van der Waals surface area contributed by atoms with E-state index >= 15 is 0 Å². The molecule has 0 saturated carbocycles. The minimum atomic E-state index is -0.0605. The minimum Gasteiger partial charge on any atom is -0.385 e. The van der Waals surface area contributed by atoms with Crippen LogP contribution < -0.4 is 10.6 Å². The van der Waals surface area contributed by atoms with Gasteiger partial charge in [0.15, 0.2) is 0 Å². The predicted octanol–water partition coefficient (Wildman–Crippen LogP) is 1.83. The van der Waals surface area contributed by atoms with E-state index in [1.807, 2.05) is 0 Å². The summed E-state index contributed by atoms with van der Waals surface area (Å²) >= 11 is 0. The lowest BCUT2D eigenvalue weighted by Crippen LogP contribution is -2.36. The Morgan fingerprint density at radius 1 is 1.11 bits per heavy atom. The lowest BCUT2D eigenvalue weighted by molar-refractivity contribution is 0.192. The number of hydrogen-bond acceptors (Lipinski definition) is 3. The zero-order chi connectivity index (χ0) is 14.5. The van der Waals surface area contributed by atoms with Crippen molar-refractivity contribution in [2.45, 2.75) is 45.6 Å². The normalized spacial score (nSPS) is 11.1. The third kappa shape index (κ3) is 12.0. The molecule has 0 saturated heterocycles. The van der Waals surface area contributed by atoms with Gasteiger partial charge in [0.2, 0.25) is 0 Å². The van der Waals surface area contributed by atoms with E-state index in [0.717, 1.165) is 45.4 Å². The minimum absolute atomic E-state index is 0.0605. The zero-order valence-electron chi connectivity index (χ0n) is 13.0. The Morgan fingerprint density at radius 2 is 1.68 bits per heavy atom. The molecule has 0 bridgehead atoms. The molecule has 0 unspecified atom stereocenters. The van der Waals surface area contributed by atoms with Crippen molar-refractivity contribution in [2.24, 2.45) is 0 Å². The van der Waals surface area contributed by atoms with Crippen molar-refractivity contribution in [1.82, 2.24) is 15.5 Å². The maximum absolute atomic E-state index is 11.4. The summed E-state index contributed by atoms with van der Waals surface area (Å²) < 4.78 is 4.94. The van der Waals surface area contributed by atoms with Gasteiger partial charge in [-0.3, -0.25) is 0 Å². The quantitative estimate of drug-likeness (QED) is 0.565. The number of amides is 2. The summed E-state index contributed by atoms with van der Waals surface area (Å²) in [6.07, 6.45) is 4.08. The van der Waals surface area contributed by atoms with Crippen LogP contribution in [-0.2, 0) is 4.74 Å². The first-order valence-corrected chi connectivity index (χ1v) is 7.28. The number of methoxy groups -OCH3 is 1. The zero-order valence-corrected chi connectivity index (χ0v) is 13.0. The number of nitrogens with one attached hydrogen (secondary N) is 2. The molecule has 0 aliphatic rings. The molecule has 0 aromatic rings. The van der Waals surface area contributed by atoms with Crippen molar-refractivity contribution in [3.63, 3.8) is 0 Å². The number of carbonyl (C=O) groups is 1. The van der Waals surface area contributed by atoms with Crippen LogP contribution in [0.3, 0.4) is 0 Å². The Kier molecular flexibility index (Phi) is 11.7. The summed E-state index contributed by atoms with van der Waals surface area (Å²) in [5.41, 5.74) is 0. The monoisotopic (exact) mass is 273 g/mol. The Bertz CT molecular complexity index is 223. The summed E-state index contributed by atoms with van der Waals surface area (Å²) in [5.74, 6) is 0. The second-order valence-electron chi connectivity index (χ2n) is 5.16. The highest BCUT2D eigenvalue weighted by Gasteiger charge is 2.02. The molecule has 2 N–H and O–H groups in total. The molecule has 114 valence electrons. The fraction of sp³-hybridized carbons (Fsp3) is 0.929. The number of unbranched alkanes of at least 4 members (excludes halogenated alkanes) is 2. The van der Waals surface area contributed by atoms with Gasteiger partial charge in [-0.15, -0.1) is 0 Å². The molecule has 0 rings (SSSR count). The number of hydrogen-bond donors (Lipinski definition) is 2. The number of rotatable bonds is 11. The summed E-state index contributed by atoms with van der Waals surface area (Å²) in [6.45, 7) is 7.68. The molecule has 0 spiro atoms. The van der Waals surface area contributed by atoms with Crippen molar-refractivity contribution in [2.75, 3.05) is 40.4 Å². The van der Waals surface area contributed by atoms with Gasteiger partial charge in [0.25, 0.3) is 0 Å². The molecular formula is C14H31N3O2. The summed E-state index contributed by atoms with van der Waals surface area (Å²) in [4.78, 5) is 13.7. The van der Waals surface area contributed by atoms with E-state index in [1.54, 1.807) is 7.11 Å². The van der Waals surface area contributed by atoms with Crippen LogP contribution >= 0.6 is 0 Å². The molecule has 0 aliphatic heterocycles. The van der Waals surface area contributed by atoms with Crippen LogP contribution in [0.1, 0.15) is 39.5 Å². The number of urea groups is 1. The smallest absolute Gasteiger partial charge is 0.314 e. The molecule has 0 atom stereocenters. The summed E-state index contributed by atoms with van der Waals surface area (Å²) in [6, 6.07) is 0.526. The van der Waals surface area contributed by atoms with E-state index in [-0.39, 0.29) is 6.03 Å². The number of carbonyl (C=O) groups excluding carboxylic acids is 1. The average Bonchev–Trinajstić information content (AvgIpc) is 2.37. The van der Waals surface area contributed by atoms with Crippen molar-refractivity contribution in [3.05, 3.63) is 0 Å². The van der Waals surface area contributed by atoms with Crippen molar-refractivity contribution in [3.8, 4) is 0 Å². The highest BCUT2D eigenvalue weighted by atomic mass is 16.5. The molecule has 0 heterocycles. The molecule has 0 aliphatic carbocycles. The summed E-state index contributed by atoms with van der Waals surface area (Å²) in [5, 5.41) is 5.72. The third-order valence-corrected chi connectivity index (χ3v) is 3.17. The van der Waals surface area contributed by atoms with Crippen LogP contribution in [0.4, 0.5) is 4.79 Å². The largest absolute Gasteiger partial charge is 0.385 e. The molecular weight excluding hydrogens is 242 g/mol. The molecule has 19 heavy (non-hydrogen) atoms. The van der Waals surface area contributed by atoms with Gasteiger partial charge in [0.1, 0.15) is 0 Å². The van der Waals surface area contributed by atoms with Crippen LogP contribution in [0.2, 0.25) is 0 Å². The molecule has 5 heteroatoms. The van der Waals surface area contributed by atoms with Crippen LogP contribution in [0, 0.1) is 0 Å². The molecule has 2 amide bonds. The predicted molar refractivity (Wildman–Crippen MR) is 79.5 cm³/mol. The van der Waals surface area contributed by atoms with E-state index in [4.69, 9.17) is 4.74 Å². The summed E-state index contributed by atoms with van der Waals surface area (Å²) in [7, 11) is 3.82. The van der Waals surface area contributed by atoms with E-state index in [2.05, 4.69) is 36.4 Å². The van der Waals surface area contributed by atoms with E-state index in [0.29, 0.717) is 12.6 Å². The topological polar surface area (TPSA) is 53.6 Å². The van der Waals surface area contributed by atoms with E-state index in [9.17, 15) is 4.79 Å². The second kappa shape index (κ2) is 12.2. The fourth-order valence-electron chi connectivity index (χ4n) is 1.58. The molecule has 0 radical (unpaired) electrons. The fourth-order valence-corrected chi connectivity index (χ4v) is 1.58. The lowest BCUT2D eigenvalue weighted by Gasteiger charge is -2.20. The number of ether oxygens (including phenoxy) is 1. The van der Waals surface area contributed by atoms with Crippen molar-refractivity contribution < 1.29 is 9.53 Å². The average molecular weight is 273 g/mol. The first-order valence-electron chi connectivity index (χ1n) is 7.28. The maximum atomic E-state index is 11.4. The Balaban J connectivity index is 3.29. The highest BCUT2D eigenvalue weighted by molar-refractivity contribution is 5.73. The van der Waals surface area contributed by atoms with Crippen molar-refractivity contribution in [1.29, 1.82) is 0 Å². The molecule has 5 nitrogen and oxygen atoms in total. The van der Waals surface area contributed by atoms with E-state index in [1.165, 1.54) is 0 Å². The van der Waals surface area contributed by atoms with Gasteiger partial charge in [-0.1, -0.05) is 0 Å². The van der Waals surface area contributed by atoms with E-state index < -0.39 is 0 Å². The first kappa shape index (κ1) is 18.2. The Labute approximate surface area is 118 Å². The molecule has 0 fully saturated rings. The van der Waals surface area contributed by atoms with Gasteiger partial charge in [0.05, 0.1) is 0 Å². The second-order valence-corrected chi connectivity index (χ2v) is 5.16. The van der Waals surface area contributed by atoms with Gasteiger partial charge in [-0.05, 0) is 53.1 Å². The standard InChI is InChI=1S/C14H31N3O2/c1-13(2)17(3)11-7-5-9-15-14(18)16-10-6-8-12-19-4/h13H,5-12H2,1-4H3,(H2,15,16,18). The Morgan fingerprint density at radius 3 is 2.21 bits per heavy atom. The van der Waals surface area contributed by atoms with Crippen LogP contribution in [-0.4, -0.2) is 57.4 Å². The lowest BCUT2D eigenvalue weighted by atomic mass is 10.2. The van der Waals surface area contributed by atoms with Gasteiger partial charge >= 0.3 is 6.03 Å². The highest BCUT2D eigenvalue weighted by Crippen LogP contribution is 1.97. The third-order valence-electron chi connectivity index (χ3n) is 3.17. The number of nitrogens with zero attached hydrogens (tertiary/aromatic N) is 1. The van der Waals surface area contributed by atoms with Crippen molar-refractivity contribution >= 4 is 6.03 Å². The maximum Gasteiger partial charge on any atom is 0.314 e. The molecule has 0 aromatic heterocycles. The van der Waals surface area contributed by atoms with Gasteiger partial charge in [-0.2, -0.15) is 0 Å².